The van der Waals surface area contributed by atoms with Crippen LogP contribution >= 0.6 is 11.8 Å². The molecule has 8 heteroatoms. The van der Waals surface area contributed by atoms with E-state index < -0.39 is 14.4 Å². The number of benzene rings is 3. The first kappa shape index (κ1) is 33.8. The average Bonchev–Trinajstić information content (AvgIpc) is 2.91. The van der Waals surface area contributed by atoms with Gasteiger partial charge in [0.25, 0.3) is 8.32 Å². The maximum absolute atomic E-state index is 13.8. The maximum Gasteiger partial charge on any atom is 0.419 e. The lowest BCUT2D eigenvalue weighted by Crippen LogP contribution is -2.63. The van der Waals surface area contributed by atoms with Crippen molar-refractivity contribution in [3.8, 4) is 5.75 Å². The molecule has 6 nitrogen and oxygen atoms in total. The summed E-state index contributed by atoms with van der Waals surface area (Å²) in [5.74, 6) is 0.871. The highest BCUT2D eigenvalue weighted by Gasteiger charge is 2.63. The van der Waals surface area contributed by atoms with Crippen LogP contribution in [-0.2, 0) is 11.3 Å². The summed E-state index contributed by atoms with van der Waals surface area (Å²) in [4.78, 5) is 21.6. The molecule has 0 saturated heterocycles. The molecule has 0 bridgehead atoms. The van der Waals surface area contributed by atoms with Gasteiger partial charge in [-0.15, -0.1) is 0 Å². The normalized spacial score (nSPS) is 13.6. The van der Waals surface area contributed by atoms with Crippen molar-refractivity contribution >= 4 is 48.9 Å². The van der Waals surface area contributed by atoms with Gasteiger partial charge in [-0.25, -0.2) is 9.69 Å². The van der Waals surface area contributed by atoms with E-state index in [4.69, 9.17) is 9.16 Å². The molecule has 1 amide bonds. The number of hydrogen-bond acceptors (Lipinski definition) is 6. The van der Waals surface area contributed by atoms with Crippen molar-refractivity contribution in [2.75, 3.05) is 42.9 Å². The lowest BCUT2D eigenvalue weighted by molar-refractivity contribution is 0.149. The fourth-order valence-corrected chi connectivity index (χ4v) is 16.7. The van der Waals surface area contributed by atoms with Gasteiger partial charge in [0.1, 0.15) is 12.4 Å². The van der Waals surface area contributed by atoms with E-state index in [2.05, 4.69) is 84.2 Å². The molecule has 0 spiro atoms. The number of rotatable bonds is 6. The molecule has 4 rings (SSSR count). The third-order valence-electron chi connectivity index (χ3n) is 8.53. The molecule has 0 aliphatic carbocycles. The molecule has 3 aromatic carbocycles. The number of carbonyl (C=O) groups is 1. The van der Waals surface area contributed by atoms with Crippen molar-refractivity contribution in [1.82, 2.24) is 0 Å². The Morgan fingerprint density at radius 2 is 1.14 bits per heavy atom. The van der Waals surface area contributed by atoms with Crippen molar-refractivity contribution in [3.63, 3.8) is 0 Å². The maximum atomic E-state index is 13.8. The molecular formula is C36H51N3O3SSi. The van der Waals surface area contributed by atoms with E-state index in [0.717, 1.165) is 43.9 Å². The molecule has 44 heavy (non-hydrogen) atoms. The number of amides is 1. The summed E-state index contributed by atoms with van der Waals surface area (Å²) in [5.41, 5.74) is 4.73. The zero-order chi connectivity index (χ0) is 32.8. The molecule has 0 unspecified atom stereocenters. The van der Waals surface area contributed by atoms with Gasteiger partial charge in [0.2, 0.25) is 0 Å². The van der Waals surface area contributed by atoms with Crippen molar-refractivity contribution < 1.29 is 14.0 Å². The zero-order valence-electron chi connectivity index (χ0n) is 29.0. The summed E-state index contributed by atoms with van der Waals surface area (Å²) in [6, 6.07) is 20.4. The predicted molar refractivity (Wildman–Crippen MR) is 190 cm³/mol. The third-order valence-corrected chi connectivity index (χ3v) is 16.5. The molecule has 3 aromatic rings. The van der Waals surface area contributed by atoms with E-state index in [0.29, 0.717) is 0 Å². The van der Waals surface area contributed by atoms with Crippen LogP contribution in [0.3, 0.4) is 0 Å². The number of ether oxygens (including phenoxy) is 1. The molecule has 238 valence electrons. The van der Waals surface area contributed by atoms with Crippen LogP contribution in [-0.4, -0.2) is 42.6 Å². The van der Waals surface area contributed by atoms with Crippen molar-refractivity contribution in [2.24, 2.45) is 0 Å². The Hall–Kier alpha value is -3.10. The highest BCUT2D eigenvalue weighted by molar-refractivity contribution is 7.99. The molecule has 1 aliphatic heterocycles. The second kappa shape index (κ2) is 12.0. The fraction of sp³-hybridized carbons (Fsp3) is 0.472. The topological polar surface area (TPSA) is 45.2 Å². The summed E-state index contributed by atoms with van der Waals surface area (Å²) >= 11 is 1.68. The summed E-state index contributed by atoms with van der Waals surface area (Å²) < 4.78 is 13.1. The SMILES string of the molecule is CN(C)c1ccc2c(c1)Sc1cc(N(C)C)ccc1N2C(=O)OCc1ccc(O[Si](C(C)(C)C)(C(C)(C)C)C(C)(C)C)cc1. The first-order valence-corrected chi connectivity index (χ1v) is 18.0. The Kier molecular flexibility index (Phi) is 9.22. The standard InChI is InChI=1S/C36H51N3O3SSi/c1-34(2,3)44(35(4,5)6,36(7,8)9)42-28-18-14-25(15-19-28)24-41-33(40)39-29-20-16-26(37(10)11)22-31(29)43-32-23-27(38(12)13)17-21-30(32)39/h14-23H,24H2,1-13H3. The average molecular weight is 634 g/mol. The van der Waals surface area contributed by atoms with Gasteiger partial charge in [0.15, 0.2) is 0 Å². The van der Waals surface area contributed by atoms with Gasteiger partial charge in [-0.05, 0) is 69.2 Å². The molecular weight excluding hydrogens is 583 g/mol. The van der Waals surface area contributed by atoms with Gasteiger partial charge in [0.05, 0.1) is 11.4 Å². The minimum Gasteiger partial charge on any atom is -0.542 e. The number of carbonyl (C=O) groups excluding carboxylic acids is 1. The van der Waals surface area contributed by atoms with Gasteiger partial charge in [-0.2, -0.15) is 0 Å². The van der Waals surface area contributed by atoms with Crippen molar-refractivity contribution in [3.05, 3.63) is 66.2 Å². The van der Waals surface area contributed by atoms with E-state index in [9.17, 15) is 4.79 Å². The summed E-state index contributed by atoms with van der Waals surface area (Å²) in [6.07, 6.45) is -0.400. The molecule has 0 saturated carbocycles. The van der Waals surface area contributed by atoms with E-state index in [1.54, 1.807) is 16.7 Å². The zero-order valence-corrected chi connectivity index (χ0v) is 30.8. The monoisotopic (exact) mass is 633 g/mol. The van der Waals surface area contributed by atoms with Crippen LogP contribution in [0.1, 0.15) is 67.9 Å². The highest BCUT2D eigenvalue weighted by Crippen LogP contribution is 2.62. The Balaban J connectivity index is 1.59. The van der Waals surface area contributed by atoms with Crippen LogP contribution in [0, 0.1) is 0 Å². The van der Waals surface area contributed by atoms with Crippen molar-refractivity contribution in [2.45, 2.75) is 93.8 Å². The van der Waals surface area contributed by atoms with Crippen LogP contribution in [0.2, 0.25) is 15.1 Å². The lowest BCUT2D eigenvalue weighted by Gasteiger charge is -2.57. The van der Waals surface area contributed by atoms with E-state index in [1.165, 1.54) is 0 Å². The predicted octanol–water partition coefficient (Wildman–Crippen LogP) is 10.5. The van der Waals surface area contributed by atoms with Gasteiger partial charge < -0.3 is 19.0 Å². The number of nitrogens with zero attached hydrogens (tertiary/aromatic N) is 3. The van der Waals surface area contributed by atoms with Crippen LogP contribution in [0.25, 0.3) is 0 Å². The summed E-state index contributed by atoms with van der Waals surface area (Å²) in [6.45, 7) is 21.1. The quantitative estimate of drug-likeness (QED) is 0.252. The van der Waals surface area contributed by atoms with E-state index in [-0.39, 0.29) is 21.7 Å². The minimum absolute atomic E-state index is 0.0115. The second-order valence-electron chi connectivity index (χ2n) is 15.3. The van der Waals surface area contributed by atoms with Crippen molar-refractivity contribution in [1.29, 1.82) is 0 Å². The van der Waals surface area contributed by atoms with Gasteiger partial charge in [-0.1, -0.05) is 86.2 Å². The fourth-order valence-electron chi connectivity index (χ4n) is 7.41. The van der Waals surface area contributed by atoms with Gasteiger partial charge in [-0.3, -0.25) is 0 Å². The second-order valence-corrected chi connectivity index (χ2v) is 22.4. The largest absolute Gasteiger partial charge is 0.542 e. The first-order valence-electron chi connectivity index (χ1n) is 15.3. The number of hydrogen-bond donors (Lipinski definition) is 0. The molecule has 0 atom stereocenters. The molecule has 1 aliphatic rings. The number of fused-ring (bicyclic) bond motifs is 2. The molecule has 0 aromatic heterocycles. The molecule has 0 radical (unpaired) electrons. The molecule has 0 fully saturated rings. The van der Waals surface area contributed by atoms with E-state index >= 15 is 0 Å². The Labute approximate surface area is 270 Å². The minimum atomic E-state index is -2.41. The van der Waals surface area contributed by atoms with Crippen LogP contribution in [0.5, 0.6) is 5.75 Å². The van der Waals surface area contributed by atoms with Crippen LogP contribution in [0.4, 0.5) is 27.5 Å². The van der Waals surface area contributed by atoms with Gasteiger partial charge >= 0.3 is 6.09 Å². The van der Waals surface area contributed by atoms with Gasteiger partial charge in [0, 0.05) is 49.4 Å². The molecule has 1 heterocycles. The van der Waals surface area contributed by atoms with E-state index in [1.807, 2.05) is 76.7 Å². The van der Waals surface area contributed by atoms with Crippen LogP contribution in [0.15, 0.2) is 70.5 Å². The molecule has 0 N–H and O–H groups in total. The Bertz CT molecular complexity index is 1410. The smallest absolute Gasteiger partial charge is 0.419 e. The summed E-state index contributed by atoms with van der Waals surface area (Å²) in [7, 11) is 5.68. The Morgan fingerprint density at radius 3 is 1.52 bits per heavy atom. The summed E-state index contributed by atoms with van der Waals surface area (Å²) in [5, 5.41) is 0.0346. The Morgan fingerprint density at radius 1 is 0.705 bits per heavy atom. The van der Waals surface area contributed by atoms with Crippen LogP contribution < -0.4 is 19.1 Å². The third kappa shape index (κ3) is 6.34. The first-order chi connectivity index (χ1) is 20.3. The lowest BCUT2D eigenvalue weighted by atomic mass is 10.2. The number of anilines is 4. The highest BCUT2D eigenvalue weighted by atomic mass is 32.2.